The number of nitrogens with zero attached hydrogens (tertiary/aromatic N) is 1. The van der Waals surface area contributed by atoms with Crippen molar-refractivity contribution >= 4 is 39.8 Å². The predicted octanol–water partition coefficient (Wildman–Crippen LogP) is 3.26. The number of rotatable bonds is 3. The first-order valence-electron chi connectivity index (χ1n) is 8.36. The fourth-order valence-corrected chi connectivity index (χ4v) is 4.10. The molecule has 0 saturated carbocycles. The zero-order chi connectivity index (χ0) is 18.9. The van der Waals surface area contributed by atoms with Crippen LogP contribution in [-0.2, 0) is 9.84 Å². The molecule has 1 aliphatic heterocycles. The maximum atomic E-state index is 13.3. The number of benzene rings is 2. The number of nitrogens with one attached hydrogen (secondary N) is 1. The molecular weight excluding hydrogens is 407 g/mol. The first-order chi connectivity index (χ1) is 12.3. The van der Waals surface area contributed by atoms with Crippen molar-refractivity contribution < 1.29 is 13.2 Å². The first kappa shape index (κ1) is 21.7. The molecule has 1 N–H and O–H groups in total. The summed E-state index contributed by atoms with van der Waals surface area (Å²) in [6.07, 6.45) is 1.14. The fourth-order valence-electron chi connectivity index (χ4n) is 3.19. The molecule has 1 unspecified atom stereocenters. The zero-order valence-electron chi connectivity index (χ0n) is 15.1. The van der Waals surface area contributed by atoms with Gasteiger partial charge in [0, 0.05) is 36.5 Å². The second kappa shape index (κ2) is 8.61. The van der Waals surface area contributed by atoms with Gasteiger partial charge in [0.2, 0.25) is 0 Å². The standard InChI is InChI=1S/C19H21ClN2O3S.ClH/c1-13-7-8-14(26(2,24)25)11-16(13)19(23)22-10-9-21-12-18(22)15-5-3-4-6-17(15)20;/h3-8,11,18,21H,9-10,12H2,1-2H3;1H. The summed E-state index contributed by atoms with van der Waals surface area (Å²) in [4.78, 5) is 15.2. The van der Waals surface area contributed by atoms with E-state index in [9.17, 15) is 13.2 Å². The minimum absolute atomic E-state index is 0. The highest BCUT2D eigenvalue weighted by Crippen LogP contribution is 2.30. The van der Waals surface area contributed by atoms with Gasteiger partial charge >= 0.3 is 0 Å². The minimum Gasteiger partial charge on any atom is -0.329 e. The van der Waals surface area contributed by atoms with Crippen LogP contribution >= 0.6 is 24.0 Å². The predicted molar refractivity (Wildman–Crippen MR) is 110 cm³/mol. The van der Waals surface area contributed by atoms with E-state index in [0.29, 0.717) is 30.2 Å². The minimum atomic E-state index is -3.38. The van der Waals surface area contributed by atoms with Gasteiger partial charge < -0.3 is 10.2 Å². The van der Waals surface area contributed by atoms with E-state index in [1.807, 2.05) is 31.2 Å². The number of hydrogen-bond donors (Lipinski definition) is 1. The van der Waals surface area contributed by atoms with E-state index < -0.39 is 9.84 Å². The maximum Gasteiger partial charge on any atom is 0.254 e. The topological polar surface area (TPSA) is 66.5 Å². The lowest BCUT2D eigenvalue weighted by Gasteiger charge is -2.37. The average molecular weight is 429 g/mol. The Hall–Kier alpha value is -1.60. The molecule has 8 heteroatoms. The lowest BCUT2D eigenvalue weighted by molar-refractivity contribution is 0.0633. The Morgan fingerprint density at radius 1 is 1.22 bits per heavy atom. The SMILES string of the molecule is Cc1ccc(S(C)(=O)=O)cc1C(=O)N1CCNCC1c1ccccc1Cl.Cl. The lowest BCUT2D eigenvalue weighted by Crippen LogP contribution is -2.49. The summed E-state index contributed by atoms with van der Waals surface area (Å²) in [5.74, 6) is -0.181. The van der Waals surface area contributed by atoms with Gasteiger partial charge in [-0.1, -0.05) is 35.9 Å². The Morgan fingerprint density at radius 3 is 2.59 bits per heavy atom. The number of amides is 1. The first-order valence-corrected chi connectivity index (χ1v) is 10.6. The molecule has 1 atom stereocenters. The van der Waals surface area contributed by atoms with Crippen LogP contribution in [0.5, 0.6) is 0 Å². The summed E-state index contributed by atoms with van der Waals surface area (Å²) in [6, 6.07) is 12.0. The Labute approximate surface area is 171 Å². The molecule has 5 nitrogen and oxygen atoms in total. The smallest absolute Gasteiger partial charge is 0.254 e. The molecule has 1 aliphatic rings. The zero-order valence-corrected chi connectivity index (χ0v) is 17.5. The summed E-state index contributed by atoms with van der Waals surface area (Å²) >= 11 is 6.34. The number of halogens is 2. The van der Waals surface area contributed by atoms with Gasteiger partial charge in [0.25, 0.3) is 5.91 Å². The van der Waals surface area contributed by atoms with Crippen LogP contribution in [0.3, 0.4) is 0 Å². The highest BCUT2D eigenvalue weighted by molar-refractivity contribution is 7.90. The Morgan fingerprint density at radius 2 is 1.93 bits per heavy atom. The van der Waals surface area contributed by atoms with Crippen molar-refractivity contribution in [3.8, 4) is 0 Å². The molecule has 1 amide bonds. The summed E-state index contributed by atoms with van der Waals surface area (Å²) in [5.41, 5.74) is 2.04. The van der Waals surface area contributed by atoms with E-state index in [4.69, 9.17) is 11.6 Å². The van der Waals surface area contributed by atoms with Crippen LogP contribution in [0.1, 0.15) is 27.5 Å². The maximum absolute atomic E-state index is 13.3. The highest BCUT2D eigenvalue weighted by Gasteiger charge is 2.30. The third-order valence-electron chi connectivity index (χ3n) is 4.64. The number of aryl methyl sites for hydroxylation is 1. The molecule has 2 aromatic rings. The Kier molecular flexibility index (Phi) is 6.92. The van der Waals surface area contributed by atoms with Crippen LogP contribution in [0.15, 0.2) is 47.4 Å². The molecule has 3 rings (SSSR count). The van der Waals surface area contributed by atoms with Crippen molar-refractivity contribution in [1.29, 1.82) is 0 Å². The van der Waals surface area contributed by atoms with Gasteiger partial charge in [0.15, 0.2) is 9.84 Å². The van der Waals surface area contributed by atoms with Gasteiger partial charge in [-0.05, 0) is 36.2 Å². The Balaban J connectivity index is 0.00000261. The number of sulfone groups is 1. The largest absolute Gasteiger partial charge is 0.329 e. The third-order valence-corrected chi connectivity index (χ3v) is 6.09. The quantitative estimate of drug-likeness (QED) is 0.814. The average Bonchev–Trinajstić information content (AvgIpc) is 2.61. The van der Waals surface area contributed by atoms with Gasteiger partial charge in [-0.3, -0.25) is 4.79 Å². The molecule has 146 valence electrons. The molecule has 1 fully saturated rings. The second-order valence-electron chi connectivity index (χ2n) is 6.49. The van der Waals surface area contributed by atoms with E-state index in [0.717, 1.165) is 17.4 Å². The van der Waals surface area contributed by atoms with E-state index >= 15 is 0 Å². The number of carbonyl (C=O) groups excluding carboxylic acids is 1. The third kappa shape index (κ3) is 4.63. The highest BCUT2D eigenvalue weighted by atomic mass is 35.5. The molecule has 0 radical (unpaired) electrons. The summed E-state index contributed by atoms with van der Waals surface area (Å²) in [5, 5.41) is 3.91. The molecular formula is C19H22Cl2N2O3S. The molecule has 1 heterocycles. The van der Waals surface area contributed by atoms with Crippen LogP contribution in [0.4, 0.5) is 0 Å². The van der Waals surface area contributed by atoms with Crippen molar-refractivity contribution in [3.63, 3.8) is 0 Å². The van der Waals surface area contributed by atoms with Gasteiger partial charge in [-0.2, -0.15) is 0 Å². The van der Waals surface area contributed by atoms with Gasteiger partial charge in [-0.15, -0.1) is 12.4 Å². The number of piperazine rings is 1. The summed E-state index contributed by atoms with van der Waals surface area (Å²) in [7, 11) is -3.38. The van der Waals surface area contributed by atoms with E-state index in [-0.39, 0.29) is 29.3 Å². The number of carbonyl (C=O) groups is 1. The van der Waals surface area contributed by atoms with Crippen molar-refractivity contribution in [3.05, 3.63) is 64.2 Å². The molecule has 2 aromatic carbocycles. The van der Waals surface area contributed by atoms with Crippen LogP contribution < -0.4 is 5.32 Å². The molecule has 1 saturated heterocycles. The van der Waals surface area contributed by atoms with Gasteiger partial charge in [0.1, 0.15) is 0 Å². The van der Waals surface area contributed by atoms with Crippen LogP contribution in [0, 0.1) is 6.92 Å². The van der Waals surface area contributed by atoms with Crippen LogP contribution in [0.25, 0.3) is 0 Å². The molecule has 27 heavy (non-hydrogen) atoms. The van der Waals surface area contributed by atoms with Crippen LogP contribution in [-0.4, -0.2) is 45.1 Å². The summed E-state index contributed by atoms with van der Waals surface area (Å²) < 4.78 is 23.7. The fraction of sp³-hybridized carbons (Fsp3) is 0.316. The van der Waals surface area contributed by atoms with E-state index in [1.54, 1.807) is 11.0 Å². The van der Waals surface area contributed by atoms with Crippen LogP contribution in [0.2, 0.25) is 5.02 Å². The monoisotopic (exact) mass is 428 g/mol. The number of hydrogen-bond acceptors (Lipinski definition) is 4. The van der Waals surface area contributed by atoms with Crippen molar-refractivity contribution in [1.82, 2.24) is 10.2 Å². The van der Waals surface area contributed by atoms with Crippen molar-refractivity contribution in [2.24, 2.45) is 0 Å². The molecule has 0 aliphatic carbocycles. The van der Waals surface area contributed by atoms with Gasteiger partial charge in [0.05, 0.1) is 10.9 Å². The van der Waals surface area contributed by atoms with Crippen molar-refractivity contribution in [2.45, 2.75) is 17.9 Å². The lowest BCUT2D eigenvalue weighted by atomic mass is 10.0. The van der Waals surface area contributed by atoms with E-state index in [2.05, 4.69) is 5.32 Å². The van der Waals surface area contributed by atoms with Crippen molar-refractivity contribution in [2.75, 3.05) is 25.9 Å². The van der Waals surface area contributed by atoms with E-state index in [1.165, 1.54) is 12.1 Å². The summed E-state index contributed by atoms with van der Waals surface area (Å²) in [6.45, 7) is 3.61. The molecule has 0 bridgehead atoms. The molecule has 0 spiro atoms. The Bertz CT molecular complexity index is 948. The molecule has 0 aromatic heterocycles. The van der Waals surface area contributed by atoms with Gasteiger partial charge in [-0.25, -0.2) is 8.42 Å². The second-order valence-corrected chi connectivity index (χ2v) is 8.91. The normalized spacial score (nSPS) is 17.3.